The summed E-state index contributed by atoms with van der Waals surface area (Å²) in [4.78, 5) is 17.4. The van der Waals surface area contributed by atoms with Crippen LogP contribution in [0.2, 0.25) is 5.15 Å². The van der Waals surface area contributed by atoms with Gasteiger partial charge in [0.25, 0.3) is 0 Å². The summed E-state index contributed by atoms with van der Waals surface area (Å²) < 4.78 is 62.4. The van der Waals surface area contributed by atoms with Gasteiger partial charge in [-0.25, -0.2) is 13.1 Å². The number of hydrogen-bond acceptors (Lipinski definition) is 5. The van der Waals surface area contributed by atoms with Gasteiger partial charge in [0.05, 0.1) is 30.3 Å². The van der Waals surface area contributed by atoms with Gasteiger partial charge in [-0.2, -0.15) is 18.3 Å². The van der Waals surface area contributed by atoms with Crippen molar-refractivity contribution in [3.63, 3.8) is 0 Å². The number of nitrogens with zero attached hydrogens (tertiary/aromatic N) is 4. The van der Waals surface area contributed by atoms with E-state index in [1.807, 2.05) is 0 Å². The minimum Gasteiger partial charge on any atom is -0.310 e. The number of sulfone groups is 1. The molecule has 0 saturated heterocycles. The lowest BCUT2D eigenvalue weighted by molar-refractivity contribution is -0.130. The third-order valence-electron chi connectivity index (χ3n) is 3.81. The lowest BCUT2D eigenvalue weighted by Crippen LogP contribution is -2.40. The van der Waals surface area contributed by atoms with E-state index in [0.29, 0.717) is 5.69 Å². The van der Waals surface area contributed by atoms with Gasteiger partial charge in [-0.3, -0.25) is 9.78 Å². The molecule has 7 nitrogen and oxygen atoms in total. The molecule has 0 bridgehead atoms. The molecule has 0 aromatic carbocycles. The number of halogens is 4. The van der Waals surface area contributed by atoms with Gasteiger partial charge in [0.2, 0.25) is 5.91 Å². The van der Waals surface area contributed by atoms with Crippen molar-refractivity contribution < 1.29 is 26.4 Å². The fourth-order valence-corrected chi connectivity index (χ4v) is 3.76. The first-order chi connectivity index (χ1) is 12.4. The molecule has 0 spiro atoms. The normalized spacial score (nSPS) is 13.4. The maximum absolute atomic E-state index is 12.5. The van der Waals surface area contributed by atoms with Crippen molar-refractivity contribution in [3.8, 4) is 5.69 Å². The van der Waals surface area contributed by atoms with Gasteiger partial charge >= 0.3 is 6.18 Å². The Bertz CT molecular complexity index is 916. The number of rotatable bonds is 6. The van der Waals surface area contributed by atoms with Crippen LogP contribution < -0.4 is 4.90 Å². The van der Waals surface area contributed by atoms with E-state index in [4.69, 9.17) is 11.6 Å². The summed E-state index contributed by atoms with van der Waals surface area (Å²) in [6, 6.07) is 3.35. The highest BCUT2D eigenvalue weighted by Crippen LogP contribution is 2.27. The fourth-order valence-electron chi connectivity index (χ4n) is 2.17. The Morgan fingerprint density at radius 1 is 1.41 bits per heavy atom. The monoisotopic (exact) mass is 424 g/mol. The van der Waals surface area contributed by atoms with E-state index in [0.717, 1.165) is 11.8 Å². The Morgan fingerprint density at radius 2 is 2.07 bits per heavy atom. The van der Waals surface area contributed by atoms with Gasteiger partial charge in [0, 0.05) is 13.2 Å². The second-order valence-corrected chi connectivity index (χ2v) is 8.53. The van der Waals surface area contributed by atoms with Crippen LogP contribution in [-0.2, 0) is 14.6 Å². The van der Waals surface area contributed by atoms with Gasteiger partial charge in [-0.15, -0.1) is 0 Å². The standard InChI is InChI=1S/C15H16ClF3N4O3S/c1-10(27(25,26)7-5-15(17,18)19)14(24)22(2)12-9-23(21-13(12)16)11-4-3-6-20-8-11/h3-4,6,8-10H,5,7H2,1-2H3. The van der Waals surface area contributed by atoms with E-state index in [1.165, 1.54) is 24.1 Å². The molecular formula is C15H16ClF3N4O3S. The smallest absolute Gasteiger partial charge is 0.310 e. The largest absolute Gasteiger partial charge is 0.390 e. The molecule has 27 heavy (non-hydrogen) atoms. The molecule has 0 N–H and O–H groups in total. The van der Waals surface area contributed by atoms with Crippen LogP contribution in [0, 0.1) is 0 Å². The zero-order valence-corrected chi connectivity index (χ0v) is 15.9. The Kier molecular flexibility index (Phi) is 6.15. The lowest BCUT2D eigenvalue weighted by Gasteiger charge is -2.20. The average molecular weight is 425 g/mol. The van der Waals surface area contributed by atoms with Crippen LogP contribution >= 0.6 is 11.6 Å². The molecule has 1 amide bonds. The molecule has 0 aliphatic rings. The lowest BCUT2D eigenvalue weighted by atomic mass is 10.3. The first-order valence-electron chi connectivity index (χ1n) is 7.64. The summed E-state index contributed by atoms with van der Waals surface area (Å²) in [6.07, 6.45) is -1.70. The minimum atomic E-state index is -4.63. The molecule has 148 valence electrons. The molecule has 2 rings (SSSR count). The minimum absolute atomic E-state index is 0.0745. The molecule has 12 heteroatoms. The predicted molar refractivity (Wildman–Crippen MR) is 93.7 cm³/mol. The van der Waals surface area contributed by atoms with Crippen molar-refractivity contribution in [1.82, 2.24) is 14.8 Å². The highest BCUT2D eigenvalue weighted by Gasteiger charge is 2.36. The summed E-state index contributed by atoms with van der Waals surface area (Å²) in [5.41, 5.74) is 0.667. The molecule has 2 heterocycles. The molecule has 2 aromatic rings. The molecule has 0 radical (unpaired) electrons. The number of alkyl halides is 3. The number of amides is 1. The molecule has 1 unspecified atom stereocenters. The van der Waals surface area contributed by atoms with Gasteiger partial charge < -0.3 is 4.90 Å². The Morgan fingerprint density at radius 3 is 2.63 bits per heavy atom. The van der Waals surface area contributed by atoms with Crippen molar-refractivity contribution in [2.75, 3.05) is 17.7 Å². The predicted octanol–water partition coefficient (Wildman–Crippen LogP) is 2.64. The number of anilines is 1. The van der Waals surface area contributed by atoms with Crippen LogP contribution in [0.25, 0.3) is 5.69 Å². The van der Waals surface area contributed by atoms with Crippen molar-refractivity contribution >= 4 is 33.0 Å². The van der Waals surface area contributed by atoms with E-state index in [9.17, 15) is 26.4 Å². The molecular weight excluding hydrogens is 409 g/mol. The third kappa shape index (κ3) is 5.19. The van der Waals surface area contributed by atoms with Crippen LogP contribution in [0.5, 0.6) is 0 Å². The maximum Gasteiger partial charge on any atom is 0.390 e. The maximum atomic E-state index is 12.5. The summed E-state index contributed by atoms with van der Waals surface area (Å²) in [5, 5.41) is 2.29. The molecule has 0 aliphatic heterocycles. The molecule has 0 aliphatic carbocycles. The van der Waals surface area contributed by atoms with Crippen LogP contribution in [-0.4, -0.2) is 53.3 Å². The molecule has 0 saturated carbocycles. The van der Waals surface area contributed by atoms with Crippen molar-refractivity contribution in [2.45, 2.75) is 24.8 Å². The Balaban J connectivity index is 2.21. The van der Waals surface area contributed by atoms with Gasteiger partial charge in [-0.05, 0) is 19.1 Å². The summed E-state index contributed by atoms with van der Waals surface area (Å²) in [5.74, 6) is -2.08. The molecule has 1 atom stereocenters. The zero-order valence-electron chi connectivity index (χ0n) is 14.3. The first kappa shape index (κ1) is 21.2. The number of carbonyl (C=O) groups is 1. The molecule has 2 aromatic heterocycles. The SMILES string of the molecule is CC(C(=O)N(C)c1cn(-c2cccnc2)nc1Cl)S(=O)(=O)CCC(F)(F)F. The van der Waals surface area contributed by atoms with E-state index < -0.39 is 39.3 Å². The van der Waals surface area contributed by atoms with Gasteiger partial charge in [-0.1, -0.05) is 11.6 Å². The molecule has 0 fully saturated rings. The second kappa shape index (κ2) is 7.85. The average Bonchev–Trinajstić information content (AvgIpc) is 3.00. The number of pyridine rings is 1. The third-order valence-corrected chi connectivity index (χ3v) is 6.13. The van der Waals surface area contributed by atoms with Crippen LogP contribution in [0.1, 0.15) is 13.3 Å². The first-order valence-corrected chi connectivity index (χ1v) is 9.73. The van der Waals surface area contributed by atoms with E-state index in [1.54, 1.807) is 18.3 Å². The summed E-state index contributed by atoms with van der Waals surface area (Å²) in [7, 11) is -3.02. The van der Waals surface area contributed by atoms with E-state index in [2.05, 4.69) is 10.1 Å². The van der Waals surface area contributed by atoms with Crippen molar-refractivity contribution in [2.24, 2.45) is 0 Å². The zero-order chi connectivity index (χ0) is 20.4. The Labute approximate surface area is 158 Å². The van der Waals surface area contributed by atoms with Crippen molar-refractivity contribution in [1.29, 1.82) is 0 Å². The number of hydrogen-bond donors (Lipinski definition) is 0. The van der Waals surface area contributed by atoms with Crippen LogP contribution in [0.4, 0.5) is 18.9 Å². The van der Waals surface area contributed by atoms with Crippen molar-refractivity contribution in [3.05, 3.63) is 35.9 Å². The van der Waals surface area contributed by atoms with Gasteiger partial charge in [0.1, 0.15) is 10.9 Å². The second-order valence-electron chi connectivity index (χ2n) is 5.73. The summed E-state index contributed by atoms with van der Waals surface area (Å²) >= 11 is 6.03. The topological polar surface area (TPSA) is 85.2 Å². The fraction of sp³-hybridized carbons (Fsp3) is 0.400. The highest BCUT2D eigenvalue weighted by molar-refractivity contribution is 7.92. The van der Waals surface area contributed by atoms with Gasteiger partial charge in [0.15, 0.2) is 15.0 Å². The highest BCUT2D eigenvalue weighted by atomic mass is 35.5. The van der Waals surface area contributed by atoms with Crippen LogP contribution in [0.3, 0.4) is 0 Å². The number of carbonyl (C=O) groups excluding carboxylic acids is 1. The van der Waals surface area contributed by atoms with E-state index >= 15 is 0 Å². The quantitative estimate of drug-likeness (QED) is 0.711. The Hall–Kier alpha value is -2.14. The summed E-state index contributed by atoms with van der Waals surface area (Å²) in [6.45, 7) is 1.05. The van der Waals surface area contributed by atoms with Crippen LogP contribution in [0.15, 0.2) is 30.7 Å². The number of aromatic nitrogens is 3. The van der Waals surface area contributed by atoms with E-state index in [-0.39, 0.29) is 10.8 Å².